The van der Waals surface area contributed by atoms with Gasteiger partial charge in [0.15, 0.2) is 0 Å². The second-order valence-electron chi connectivity index (χ2n) is 8.56. The number of carbonyl (C=O) groups is 3. The number of methoxy groups -OCH3 is 2. The van der Waals surface area contributed by atoms with E-state index in [2.05, 4.69) is 14.8 Å². The van der Waals surface area contributed by atoms with Crippen LogP contribution in [0.1, 0.15) is 33.6 Å². The average molecular weight is 467 g/mol. The van der Waals surface area contributed by atoms with Crippen molar-refractivity contribution in [2.75, 3.05) is 39.2 Å². The van der Waals surface area contributed by atoms with Gasteiger partial charge in [0.25, 0.3) is 0 Å². The predicted molar refractivity (Wildman–Crippen MR) is 118 cm³/mol. The van der Waals surface area contributed by atoms with Crippen molar-refractivity contribution in [3.05, 3.63) is 35.8 Å². The highest BCUT2D eigenvalue weighted by Gasteiger charge is 2.27. The molecule has 1 aromatic rings. The van der Waals surface area contributed by atoms with Gasteiger partial charge in [0.2, 0.25) is 0 Å². The Morgan fingerprint density at radius 2 is 1.82 bits per heavy atom. The van der Waals surface area contributed by atoms with E-state index in [1.807, 2.05) is 20.8 Å². The summed E-state index contributed by atoms with van der Waals surface area (Å²) >= 11 is 0. The van der Waals surface area contributed by atoms with E-state index in [1.54, 1.807) is 4.90 Å². The lowest BCUT2D eigenvalue weighted by atomic mass is 9.98. The molecular formula is C23H31FN2O7. The summed E-state index contributed by atoms with van der Waals surface area (Å²) in [7, 11) is 2.32. The topological polar surface area (TPSA) is 103 Å². The molecule has 1 amide bonds. The van der Waals surface area contributed by atoms with Crippen molar-refractivity contribution in [3.63, 3.8) is 0 Å². The number of anilines is 1. The molecule has 0 aromatic heterocycles. The van der Waals surface area contributed by atoms with Gasteiger partial charge in [-0.15, -0.1) is 0 Å². The number of piperidine rings is 1. The molecule has 182 valence electrons. The highest BCUT2D eigenvalue weighted by atomic mass is 19.1. The lowest BCUT2D eigenvalue weighted by Gasteiger charge is -2.33. The Bertz CT molecular complexity index is 887. The van der Waals surface area contributed by atoms with Crippen LogP contribution in [0.3, 0.4) is 0 Å². The summed E-state index contributed by atoms with van der Waals surface area (Å²) in [6.45, 7) is 6.90. The number of ether oxygens (including phenoxy) is 4. The van der Waals surface area contributed by atoms with Crippen LogP contribution < -0.4 is 10.1 Å². The second kappa shape index (κ2) is 11.5. The molecule has 0 atom stereocenters. The van der Waals surface area contributed by atoms with Crippen LogP contribution in [0.5, 0.6) is 5.75 Å². The Balaban J connectivity index is 2.02. The van der Waals surface area contributed by atoms with Gasteiger partial charge in [-0.25, -0.2) is 18.8 Å². The molecule has 0 spiro atoms. The van der Waals surface area contributed by atoms with Crippen LogP contribution in [-0.4, -0.2) is 62.4 Å². The van der Waals surface area contributed by atoms with E-state index in [4.69, 9.17) is 9.47 Å². The van der Waals surface area contributed by atoms with E-state index in [-0.39, 0.29) is 23.4 Å². The zero-order chi connectivity index (χ0) is 24.6. The number of halogens is 1. The van der Waals surface area contributed by atoms with Gasteiger partial charge in [-0.3, -0.25) is 0 Å². The molecule has 0 unspecified atom stereocenters. The third-order valence-corrected chi connectivity index (χ3v) is 4.82. The number of nitrogens with one attached hydrogen (secondary N) is 1. The Labute approximate surface area is 192 Å². The summed E-state index contributed by atoms with van der Waals surface area (Å²) in [4.78, 5) is 37.5. The monoisotopic (exact) mass is 466 g/mol. The highest BCUT2D eigenvalue weighted by molar-refractivity contribution is 5.99. The van der Waals surface area contributed by atoms with Crippen LogP contribution in [0.4, 0.5) is 14.9 Å². The fourth-order valence-corrected chi connectivity index (χ4v) is 3.12. The number of rotatable bonds is 7. The molecule has 33 heavy (non-hydrogen) atoms. The van der Waals surface area contributed by atoms with Crippen LogP contribution in [0, 0.1) is 11.7 Å². The molecule has 9 nitrogen and oxygen atoms in total. The molecular weight excluding hydrogens is 435 g/mol. The minimum Gasteiger partial charge on any atom is -0.491 e. The van der Waals surface area contributed by atoms with Gasteiger partial charge < -0.3 is 29.2 Å². The average Bonchev–Trinajstić information content (AvgIpc) is 2.76. The number of nitrogens with zero attached hydrogens (tertiary/aromatic N) is 1. The molecule has 1 N–H and O–H groups in total. The number of hydrogen-bond donors (Lipinski definition) is 1. The van der Waals surface area contributed by atoms with Gasteiger partial charge in [-0.2, -0.15) is 0 Å². The molecule has 1 heterocycles. The molecule has 1 saturated heterocycles. The number of amides is 1. The molecule has 10 heteroatoms. The molecule has 1 aromatic carbocycles. The Hall–Kier alpha value is -3.30. The van der Waals surface area contributed by atoms with E-state index in [0.29, 0.717) is 25.4 Å². The maximum atomic E-state index is 13.9. The number of hydrogen-bond acceptors (Lipinski definition) is 8. The van der Waals surface area contributed by atoms with Gasteiger partial charge >= 0.3 is 18.0 Å². The van der Waals surface area contributed by atoms with Crippen molar-refractivity contribution in [1.82, 2.24) is 4.90 Å². The minimum atomic E-state index is -0.829. The molecule has 1 aliphatic heterocycles. The lowest BCUT2D eigenvalue weighted by Crippen LogP contribution is -2.42. The van der Waals surface area contributed by atoms with Crippen molar-refractivity contribution in [2.24, 2.45) is 5.92 Å². The van der Waals surface area contributed by atoms with Crippen molar-refractivity contribution in [1.29, 1.82) is 0 Å². The number of benzene rings is 1. The van der Waals surface area contributed by atoms with Crippen LogP contribution >= 0.6 is 0 Å². The Morgan fingerprint density at radius 1 is 1.15 bits per heavy atom. The van der Waals surface area contributed by atoms with Gasteiger partial charge in [0.05, 0.1) is 32.6 Å². The summed E-state index contributed by atoms with van der Waals surface area (Å²) in [5.41, 5.74) is -0.624. The van der Waals surface area contributed by atoms with Gasteiger partial charge in [-0.1, -0.05) is 0 Å². The first kappa shape index (κ1) is 26.0. The van der Waals surface area contributed by atoms with E-state index in [1.165, 1.54) is 19.2 Å². The molecule has 1 aliphatic rings. The Morgan fingerprint density at radius 3 is 2.39 bits per heavy atom. The van der Waals surface area contributed by atoms with Crippen LogP contribution in [-0.2, 0) is 23.8 Å². The quantitative estimate of drug-likeness (QED) is 0.370. The SMILES string of the molecule is COC(=O)/C=C(/Nc1cc(F)ccc1OCC1CCN(C(=O)OC(C)(C)C)CC1)C(=O)OC. The number of carbonyl (C=O) groups excluding carboxylic acids is 3. The molecule has 2 rings (SSSR count). The third-order valence-electron chi connectivity index (χ3n) is 4.82. The first-order chi connectivity index (χ1) is 15.5. The molecule has 0 bridgehead atoms. The van der Waals surface area contributed by atoms with Gasteiger partial charge in [-0.05, 0) is 51.7 Å². The number of likely N-dealkylation sites (tertiary alicyclic amines) is 1. The number of esters is 2. The van der Waals surface area contributed by atoms with Crippen LogP contribution in [0.15, 0.2) is 30.0 Å². The van der Waals surface area contributed by atoms with Crippen molar-refractivity contribution < 1.29 is 37.7 Å². The molecule has 0 aliphatic carbocycles. The molecule has 0 radical (unpaired) electrons. The van der Waals surface area contributed by atoms with Crippen molar-refractivity contribution >= 4 is 23.7 Å². The van der Waals surface area contributed by atoms with Crippen LogP contribution in [0.2, 0.25) is 0 Å². The van der Waals surface area contributed by atoms with E-state index < -0.39 is 23.4 Å². The molecule has 0 saturated carbocycles. The predicted octanol–water partition coefficient (Wildman–Crippen LogP) is 3.49. The zero-order valence-corrected chi connectivity index (χ0v) is 19.6. The normalized spacial score (nSPS) is 15.0. The fraction of sp³-hybridized carbons (Fsp3) is 0.522. The molecule has 1 fully saturated rings. The van der Waals surface area contributed by atoms with E-state index in [9.17, 15) is 18.8 Å². The maximum absolute atomic E-state index is 13.9. The first-order valence-corrected chi connectivity index (χ1v) is 10.6. The van der Waals surface area contributed by atoms with Gasteiger partial charge in [0, 0.05) is 19.2 Å². The summed E-state index contributed by atoms with van der Waals surface area (Å²) in [5, 5.41) is 2.69. The standard InChI is InChI=1S/C23H31FN2O7/c1-23(2,3)33-22(29)26-10-8-15(9-11-26)14-32-19-7-6-16(24)12-17(19)25-18(21(28)31-5)13-20(27)30-4/h6-7,12-13,15,25H,8-11,14H2,1-5H3/b18-13+. The summed E-state index contributed by atoms with van der Waals surface area (Å²) < 4.78 is 34.4. The summed E-state index contributed by atoms with van der Waals surface area (Å²) in [6, 6.07) is 3.81. The first-order valence-electron chi connectivity index (χ1n) is 10.6. The summed E-state index contributed by atoms with van der Waals surface area (Å²) in [6.07, 6.45) is 2.02. The fourth-order valence-electron chi connectivity index (χ4n) is 3.12. The maximum Gasteiger partial charge on any atom is 0.410 e. The largest absolute Gasteiger partial charge is 0.491 e. The van der Waals surface area contributed by atoms with Crippen molar-refractivity contribution in [2.45, 2.75) is 39.2 Å². The highest BCUT2D eigenvalue weighted by Crippen LogP contribution is 2.29. The second-order valence-corrected chi connectivity index (χ2v) is 8.56. The van der Waals surface area contributed by atoms with Crippen LogP contribution in [0.25, 0.3) is 0 Å². The van der Waals surface area contributed by atoms with Gasteiger partial charge in [0.1, 0.15) is 22.9 Å². The Kier molecular flexibility index (Phi) is 9.07. The smallest absolute Gasteiger partial charge is 0.410 e. The van der Waals surface area contributed by atoms with E-state index >= 15 is 0 Å². The van der Waals surface area contributed by atoms with E-state index in [0.717, 1.165) is 32.1 Å². The summed E-state index contributed by atoms with van der Waals surface area (Å²) in [5.74, 6) is -1.70. The minimum absolute atomic E-state index is 0.154. The zero-order valence-electron chi connectivity index (χ0n) is 19.6. The lowest BCUT2D eigenvalue weighted by molar-refractivity contribution is -0.138. The van der Waals surface area contributed by atoms with Crippen molar-refractivity contribution in [3.8, 4) is 5.75 Å². The third kappa shape index (κ3) is 8.28.